The summed E-state index contributed by atoms with van der Waals surface area (Å²) in [5, 5.41) is 0. The molecule has 0 saturated heterocycles. The van der Waals surface area contributed by atoms with Crippen LogP contribution in [-0.2, 0) is 0 Å². The maximum Gasteiger partial charge on any atom is 0.0512 e. The predicted molar refractivity (Wildman–Crippen MR) is 71.8 cm³/mol. The molecular weight excluding hydrogens is 208 g/mol. The van der Waals surface area contributed by atoms with Crippen LogP contribution in [0.1, 0.15) is 55.1 Å². The average Bonchev–Trinajstić information content (AvgIpc) is 2.55. The van der Waals surface area contributed by atoms with E-state index in [0.29, 0.717) is 0 Å². The zero-order valence-corrected chi connectivity index (χ0v) is 10.9. The fraction of sp³-hybridized carbons (Fsp3) is 0.533. The second-order valence-corrected chi connectivity index (χ2v) is 5.04. The molecule has 0 saturated carbocycles. The number of rotatable bonds is 2. The summed E-state index contributed by atoms with van der Waals surface area (Å²) in [4.78, 5) is 4.41. The quantitative estimate of drug-likeness (QED) is 0.789. The number of hydrogen-bond acceptors (Lipinski definition) is 2. The summed E-state index contributed by atoms with van der Waals surface area (Å²) >= 11 is 0. The first-order valence-corrected chi connectivity index (χ1v) is 6.56. The number of pyridine rings is 1. The molecule has 2 nitrogen and oxygen atoms in total. The van der Waals surface area contributed by atoms with E-state index in [9.17, 15) is 0 Å². The molecule has 2 N–H and O–H groups in total. The second-order valence-electron chi connectivity index (χ2n) is 5.04. The molecule has 0 aromatic carbocycles. The van der Waals surface area contributed by atoms with Crippen molar-refractivity contribution in [2.24, 2.45) is 5.73 Å². The first-order valence-electron chi connectivity index (χ1n) is 6.56. The number of aryl methyl sites for hydroxylation is 2. The van der Waals surface area contributed by atoms with Gasteiger partial charge in [0.15, 0.2) is 0 Å². The molecule has 1 aromatic heterocycles. The van der Waals surface area contributed by atoms with Gasteiger partial charge in [0.05, 0.1) is 6.04 Å². The van der Waals surface area contributed by atoms with Crippen molar-refractivity contribution in [3.63, 3.8) is 0 Å². The standard InChI is InChI=1S/C15H22N2/c1-11-9-14(10-12(2)17-11)15(16)13-7-5-3-4-6-8-13/h7,9-10,15H,3-6,8,16H2,1-2H3. The van der Waals surface area contributed by atoms with Crippen LogP contribution in [0.4, 0.5) is 0 Å². The first kappa shape index (κ1) is 12.3. The van der Waals surface area contributed by atoms with Gasteiger partial charge in [0.1, 0.15) is 0 Å². The summed E-state index contributed by atoms with van der Waals surface area (Å²) in [7, 11) is 0. The SMILES string of the molecule is Cc1cc(C(N)C2=CCCCCC2)cc(C)n1. The molecule has 1 unspecified atom stereocenters. The molecule has 0 radical (unpaired) electrons. The minimum absolute atomic E-state index is 0.0634. The second kappa shape index (κ2) is 5.46. The van der Waals surface area contributed by atoms with Gasteiger partial charge in [0.25, 0.3) is 0 Å². The van der Waals surface area contributed by atoms with Crippen LogP contribution in [0.2, 0.25) is 0 Å². The fourth-order valence-electron chi connectivity index (χ4n) is 2.58. The zero-order valence-electron chi connectivity index (χ0n) is 10.9. The molecule has 17 heavy (non-hydrogen) atoms. The van der Waals surface area contributed by atoms with Gasteiger partial charge in [-0.2, -0.15) is 0 Å². The Hall–Kier alpha value is -1.15. The Morgan fingerprint density at radius 1 is 1.12 bits per heavy atom. The van der Waals surface area contributed by atoms with Crippen molar-refractivity contribution >= 4 is 0 Å². The van der Waals surface area contributed by atoms with Gasteiger partial charge in [-0.05, 0) is 57.2 Å². The molecular formula is C15H22N2. The predicted octanol–water partition coefficient (Wildman–Crippen LogP) is 3.59. The summed E-state index contributed by atoms with van der Waals surface area (Å²) in [5.41, 5.74) is 11.1. The maximum absolute atomic E-state index is 6.38. The molecule has 92 valence electrons. The lowest BCUT2D eigenvalue weighted by Gasteiger charge is -2.16. The monoisotopic (exact) mass is 230 g/mol. The topological polar surface area (TPSA) is 38.9 Å². The number of nitrogens with zero attached hydrogens (tertiary/aromatic N) is 1. The van der Waals surface area contributed by atoms with Crippen molar-refractivity contribution in [2.45, 2.75) is 52.0 Å². The number of hydrogen-bond donors (Lipinski definition) is 1. The number of aromatic nitrogens is 1. The first-order chi connectivity index (χ1) is 8.16. The van der Waals surface area contributed by atoms with Crippen LogP contribution < -0.4 is 5.73 Å². The molecule has 1 aromatic rings. The van der Waals surface area contributed by atoms with E-state index in [1.807, 2.05) is 13.8 Å². The van der Waals surface area contributed by atoms with Gasteiger partial charge in [-0.15, -0.1) is 0 Å². The van der Waals surface area contributed by atoms with Crippen LogP contribution in [0.5, 0.6) is 0 Å². The van der Waals surface area contributed by atoms with Crippen molar-refractivity contribution in [1.29, 1.82) is 0 Å². The molecule has 1 aliphatic carbocycles. The molecule has 1 atom stereocenters. The summed E-state index contributed by atoms with van der Waals surface area (Å²) in [6.07, 6.45) is 8.62. The average molecular weight is 230 g/mol. The van der Waals surface area contributed by atoms with E-state index in [0.717, 1.165) is 17.8 Å². The summed E-state index contributed by atoms with van der Waals surface area (Å²) < 4.78 is 0. The van der Waals surface area contributed by atoms with E-state index < -0.39 is 0 Å². The molecule has 2 rings (SSSR count). The highest BCUT2D eigenvalue weighted by Crippen LogP contribution is 2.27. The van der Waals surface area contributed by atoms with Crippen LogP contribution in [0, 0.1) is 13.8 Å². The van der Waals surface area contributed by atoms with Crippen LogP contribution in [0.3, 0.4) is 0 Å². The third-order valence-corrected chi connectivity index (χ3v) is 3.44. The highest BCUT2D eigenvalue weighted by atomic mass is 14.7. The van der Waals surface area contributed by atoms with E-state index in [1.54, 1.807) is 0 Å². The molecule has 0 bridgehead atoms. The molecule has 1 aliphatic rings. The van der Waals surface area contributed by atoms with Gasteiger partial charge in [0.2, 0.25) is 0 Å². The Balaban J connectivity index is 2.23. The smallest absolute Gasteiger partial charge is 0.0512 e. The van der Waals surface area contributed by atoms with E-state index in [-0.39, 0.29) is 6.04 Å². The van der Waals surface area contributed by atoms with Crippen LogP contribution in [-0.4, -0.2) is 4.98 Å². The van der Waals surface area contributed by atoms with Crippen LogP contribution >= 0.6 is 0 Å². The Morgan fingerprint density at radius 2 is 1.82 bits per heavy atom. The molecule has 0 aliphatic heterocycles. The van der Waals surface area contributed by atoms with Crippen LogP contribution in [0.25, 0.3) is 0 Å². The van der Waals surface area contributed by atoms with E-state index in [1.165, 1.54) is 36.8 Å². The van der Waals surface area contributed by atoms with E-state index in [4.69, 9.17) is 5.73 Å². The van der Waals surface area contributed by atoms with Crippen molar-refractivity contribution in [3.8, 4) is 0 Å². The van der Waals surface area contributed by atoms with Gasteiger partial charge in [0, 0.05) is 11.4 Å². The molecule has 0 spiro atoms. The zero-order chi connectivity index (χ0) is 12.3. The van der Waals surface area contributed by atoms with Crippen molar-refractivity contribution < 1.29 is 0 Å². The molecule has 0 fully saturated rings. The lowest BCUT2D eigenvalue weighted by atomic mass is 9.95. The largest absolute Gasteiger partial charge is 0.321 e. The lowest BCUT2D eigenvalue weighted by Crippen LogP contribution is -2.14. The van der Waals surface area contributed by atoms with Crippen LogP contribution in [0.15, 0.2) is 23.8 Å². The number of allylic oxidation sites excluding steroid dienone is 1. The van der Waals surface area contributed by atoms with E-state index in [2.05, 4.69) is 23.2 Å². The van der Waals surface area contributed by atoms with Crippen molar-refractivity contribution in [2.75, 3.05) is 0 Å². The summed E-state index contributed by atoms with van der Waals surface area (Å²) in [6, 6.07) is 4.29. The Bertz CT molecular complexity index is 401. The summed E-state index contributed by atoms with van der Waals surface area (Å²) in [6.45, 7) is 4.06. The fourth-order valence-corrected chi connectivity index (χ4v) is 2.58. The van der Waals surface area contributed by atoms with Gasteiger partial charge in [-0.1, -0.05) is 18.1 Å². The minimum Gasteiger partial charge on any atom is -0.321 e. The Labute approximate surface area is 104 Å². The Morgan fingerprint density at radius 3 is 2.53 bits per heavy atom. The minimum atomic E-state index is 0.0634. The molecule has 1 heterocycles. The van der Waals surface area contributed by atoms with Gasteiger partial charge >= 0.3 is 0 Å². The lowest BCUT2D eigenvalue weighted by molar-refractivity contribution is 0.687. The third-order valence-electron chi connectivity index (χ3n) is 3.44. The van der Waals surface area contributed by atoms with Crippen molar-refractivity contribution in [1.82, 2.24) is 4.98 Å². The van der Waals surface area contributed by atoms with Gasteiger partial charge in [-0.3, -0.25) is 4.98 Å². The summed E-state index contributed by atoms with van der Waals surface area (Å²) in [5.74, 6) is 0. The third kappa shape index (κ3) is 3.16. The normalized spacial score (nSPS) is 18.4. The maximum atomic E-state index is 6.38. The van der Waals surface area contributed by atoms with E-state index >= 15 is 0 Å². The van der Waals surface area contributed by atoms with Gasteiger partial charge < -0.3 is 5.73 Å². The van der Waals surface area contributed by atoms with Crippen molar-refractivity contribution in [3.05, 3.63) is 40.7 Å². The number of nitrogens with two attached hydrogens (primary N) is 1. The highest BCUT2D eigenvalue weighted by molar-refractivity contribution is 5.30. The molecule has 0 amide bonds. The molecule has 2 heteroatoms. The Kier molecular flexibility index (Phi) is 3.95. The van der Waals surface area contributed by atoms with Gasteiger partial charge in [-0.25, -0.2) is 0 Å². The highest BCUT2D eigenvalue weighted by Gasteiger charge is 2.14.